The van der Waals surface area contributed by atoms with Crippen LogP contribution in [0.5, 0.6) is 11.5 Å². The highest BCUT2D eigenvalue weighted by Crippen LogP contribution is 2.30. The molecule has 0 spiro atoms. The number of carboxylic acid groups (broad SMARTS) is 1. The van der Waals surface area contributed by atoms with E-state index >= 15 is 0 Å². The van der Waals surface area contributed by atoms with Crippen molar-refractivity contribution in [3.63, 3.8) is 0 Å². The van der Waals surface area contributed by atoms with Crippen molar-refractivity contribution in [3.8, 4) is 11.5 Å². The number of nitrogens with one attached hydrogen (secondary N) is 2. The predicted molar refractivity (Wildman–Crippen MR) is 88.3 cm³/mol. The van der Waals surface area contributed by atoms with E-state index in [0.29, 0.717) is 31.1 Å². The van der Waals surface area contributed by atoms with Crippen LogP contribution < -0.4 is 15.4 Å². The molecule has 2 rings (SSSR count). The lowest BCUT2D eigenvalue weighted by atomic mass is 9.80. The normalized spacial score (nSPS) is 15.2. The molecule has 0 unspecified atom stereocenters. The predicted octanol–water partition coefficient (Wildman–Crippen LogP) is 1.89. The summed E-state index contributed by atoms with van der Waals surface area (Å²) in [6.07, 6.45) is 3.14. The fourth-order valence-electron chi connectivity index (χ4n) is 2.79. The first-order valence-electron chi connectivity index (χ1n) is 8.12. The number of phenols is 1. The molecule has 1 aromatic rings. The van der Waals surface area contributed by atoms with Crippen LogP contribution in [0.3, 0.4) is 0 Å². The first-order chi connectivity index (χ1) is 11.5. The average molecular weight is 336 g/mol. The number of ether oxygens (including phenoxy) is 1. The molecule has 0 aromatic heterocycles. The number of hydrogen-bond acceptors (Lipinski definition) is 4. The smallest absolute Gasteiger partial charge is 0.405 e. The van der Waals surface area contributed by atoms with E-state index in [2.05, 4.69) is 10.6 Å². The van der Waals surface area contributed by atoms with E-state index in [1.807, 2.05) is 6.07 Å². The molecule has 132 valence electrons. The Balaban J connectivity index is 1.83. The summed E-state index contributed by atoms with van der Waals surface area (Å²) in [5.41, 5.74) is 0.857. The van der Waals surface area contributed by atoms with Gasteiger partial charge in [-0.25, -0.2) is 4.79 Å². The molecule has 0 saturated heterocycles. The van der Waals surface area contributed by atoms with E-state index in [9.17, 15) is 14.7 Å². The zero-order valence-electron chi connectivity index (χ0n) is 13.7. The number of rotatable bonds is 8. The molecule has 1 aliphatic rings. The maximum Gasteiger partial charge on any atom is 0.405 e. The van der Waals surface area contributed by atoms with Crippen molar-refractivity contribution in [3.05, 3.63) is 23.8 Å². The minimum atomic E-state index is -1.19. The third-order valence-corrected chi connectivity index (χ3v) is 4.36. The number of aromatic hydroxyl groups is 1. The summed E-state index contributed by atoms with van der Waals surface area (Å²) < 4.78 is 4.98. The van der Waals surface area contributed by atoms with Gasteiger partial charge in [0.2, 0.25) is 5.91 Å². The van der Waals surface area contributed by atoms with E-state index in [-0.39, 0.29) is 11.7 Å². The molecular formula is C17H24N2O5. The van der Waals surface area contributed by atoms with E-state index < -0.39 is 12.1 Å². The Morgan fingerprint density at radius 1 is 1.38 bits per heavy atom. The Hall–Kier alpha value is -2.44. The topological polar surface area (TPSA) is 108 Å². The SMILES string of the molecule is COc1ccc(CCNC(=O)[C@@H](CC2CCC2)NC(=O)O)cc1O. The third-order valence-electron chi connectivity index (χ3n) is 4.36. The quantitative estimate of drug-likeness (QED) is 0.580. The van der Waals surface area contributed by atoms with Crippen molar-refractivity contribution in [1.82, 2.24) is 10.6 Å². The van der Waals surface area contributed by atoms with Gasteiger partial charge in [-0.3, -0.25) is 4.79 Å². The van der Waals surface area contributed by atoms with Gasteiger partial charge >= 0.3 is 6.09 Å². The Bertz CT molecular complexity index is 586. The van der Waals surface area contributed by atoms with Crippen LogP contribution in [0.4, 0.5) is 4.79 Å². The number of carbonyl (C=O) groups is 2. The number of hydrogen-bond donors (Lipinski definition) is 4. The summed E-state index contributed by atoms with van der Waals surface area (Å²) in [5, 5.41) is 23.7. The highest BCUT2D eigenvalue weighted by Gasteiger charge is 2.27. The summed E-state index contributed by atoms with van der Waals surface area (Å²) in [6.45, 7) is 0.368. The van der Waals surface area contributed by atoms with Crippen LogP contribution in [0.15, 0.2) is 18.2 Å². The summed E-state index contributed by atoms with van der Waals surface area (Å²) in [6, 6.07) is 4.35. The maximum absolute atomic E-state index is 12.2. The fraction of sp³-hybridized carbons (Fsp3) is 0.529. The Morgan fingerprint density at radius 3 is 2.67 bits per heavy atom. The molecule has 7 heteroatoms. The van der Waals surface area contributed by atoms with Crippen LogP contribution in [0.25, 0.3) is 0 Å². The van der Waals surface area contributed by atoms with Gasteiger partial charge in [-0.2, -0.15) is 0 Å². The van der Waals surface area contributed by atoms with Gasteiger partial charge in [0.1, 0.15) is 6.04 Å². The van der Waals surface area contributed by atoms with Crippen LogP contribution in [-0.4, -0.2) is 41.9 Å². The van der Waals surface area contributed by atoms with Crippen LogP contribution in [0.2, 0.25) is 0 Å². The second-order valence-corrected chi connectivity index (χ2v) is 6.08. The second-order valence-electron chi connectivity index (χ2n) is 6.08. The van der Waals surface area contributed by atoms with E-state index in [1.165, 1.54) is 7.11 Å². The lowest BCUT2D eigenvalue weighted by molar-refractivity contribution is -0.123. The van der Waals surface area contributed by atoms with Gasteiger partial charge in [0.05, 0.1) is 7.11 Å². The van der Waals surface area contributed by atoms with Crippen molar-refractivity contribution >= 4 is 12.0 Å². The Kier molecular flexibility index (Phi) is 6.28. The molecule has 1 aromatic carbocycles. The molecule has 1 aliphatic carbocycles. The van der Waals surface area contributed by atoms with Gasteiger partial charge in [-0.1, -0.05) is 25.3 Å². The first-order valence-corrected chi connectivity index (χ1v) is 8.12. The lowest BCUT2D eigenvalue weighted by Gasteiger charge is -2.29. The largest absolute Gasteiger partial charge is 0.504 e. The van der Waals surface area contributed by atoms with Crippen molar-refractivity contribution in [2.45, 2.75) is 38.1 Å². The lowest BCUT2D eigenvalue weighted by Crippen LogP contribution is -2.48. The number of benzene rings is 1. The summed E-state index contributed by atoms with van der Waals surface area (Å²) in [5.74, 6) is 0.568. The van der Waals surface area contributed by atoms with Gasteiger partial charge < -0.3 is 25.6 Å². The monoisotopic (exact) mass is 336 g/mol. The highest BCUT2D eigenvalue weighted by molar-refractivity contribution is 5.85. The number of amides is 2. The zero-order valence-corrected chi connectivity index (χ0v) is 13.7. The standard InChI is InChI=1S/C17H24N2O5/c1-24-15-6-5-12(10-14(15)20)7-8-18-16(21)13(19-17(22)23)9-11-3-2-4-11/h5-6,10-11,13,19-20H,2-4,7-9H2,1H3,(H,18,21)(H,22,23)/t13-/m1/s1. The molecule has 1 fully saturated rings. The van der Waals surface area contributed by atoms with E-state index in [0.717, 1.165) is 24.8 Å². The van der Waals surface area contributed by atoms with Gasteiger partial charge in [0.25, 0.3) is 0 Å². The van der Waals surface area contributed by atoms with E-state index in [4.69, 9.17) is 9.84 Å². The van der Waals surface area contributed by atoms with Crippen LogP contribution in [0, 0.1) is 5.92 Å². The molecule has 0 aliphatic heterocycles. The number of methoxy groups -OCH3 is 1. The molecule has 0 bridgehead atoms. The molecule has 7 nitrogen and oxygen atoms in total. The second kappa shape index (κ2) is 8.42. The molecule has 24 heavy (non-hydrogen) atoms. The molecular weight excluding hydrogens is 312 g/mol. The average Bonchev–Trinajstić information content (AvgIpc) is 2.49. The van der Waals surface area contributed by atoms with Crippen LogP contribution in [0.1, 0.15) is 31.2 Å². The zero-order chi connectivity index (χ0) is 17.5. The maximum atomic E-state index is 12.2. The number of carbonyl (C=O) groups excluding carboxylic acids is 1. The van der Waals surface area contributed by atoms with Gasteiger partial charge in [0.15, 0.2) is 11.5 Å². The van der Waals surface area contributed by atoms with Crippen molar-refractivity contribution < 1.29 is 24.5 Å². The Morgan fingerprint density at radius 2 is 2.12 bits per heavy atom. The van der Waals surface area contributed by atoms with Gasteiger partial charge in [-0.05, 0) is 36.5 Å². The third kappa shape index (κ3) is 5.04. The summed E-state index contributed by atoms with van der Waals surface area (Å²) >= 11 is 0. The number of phenolic OH excluding ortho intramolecular Hbond substituents is 1. The summed E-state index contributed by atoms with van der Waals surface area (Å²) in [4.78, 5) is 23.1. The molecule has 0 heterocycles. The van der Waals surface area contributed by atoms with Crippen LogP contribution >= 0.6 is 0 Å². The highest BCUT2D eigenvalue weighted by atomic mass is 16.5. The molecule has 2 amide bonds. The van der Waals surface area contributed by atoms with E-state index in [1.54, 1.807) is 12.1 Å². The van der Waals surface area contributed by atoms with Crippen molar-refractivity contribution in [1.29, 1.82) is 0 Å². The van der Waals surface area contributed by atoms with Gasteiger partial charge in [0, 0.05) is 6.54 Å². The minimum absolute atomic E-state index is 0.0525. The molecule has 0 radical (unpaired) electrons. The minimum Gasteiger partial charge on any atom is -0.504 e. The molecule has 1 saturated carbocycles. The van der Waals surface area contributed by atoms with Gasteiger partial charge in [-0.15, -0.1) is 0 Å². The molecule has 1 atom stereocenters. The Labute approximate surface area is 141 Å². The first kappa shape index (κ1) is 17.9. The molecule has 4 N–H and O–H groups in total. The van der Waals surface area contributed by atoms with Crippen LogP contribution in [-0.2, 0) is 11.2 Å². The summed E-state index contributed by atoms with van der Waals surface area (Å²) in [7, 11) is 1.48. The van der Waals surface area contributed by atoms with Crippen molar-refractivity contribution in [2.75, 3.05) is 13.7 Å². The fourth-order valence-corrected chi connectivity index (χ4v) is 2.79. The van der Waals surface area contributed by atoms with Crippen molar-refractivity contribution in [2.24, 2.45) is 5.92 Å².